The van der Waals surface area contributed by atoms with Gasteiger partial charge in [0.25, 0.3) is 0 Å². The fraction of sp³-hybridized carbons (Fsp3) is 0.615. The zero-order valence-electron chi connectivity index (χ0n) is 22.2. The molecule has 0 aliphatic carbocycles. The van der Waals surface area contributed by atoms with Crippen LogP contribution < -0.4 is 15.0 Å². The van der Waals surface area contributed by atoms with E-state index >= 15 is 0 Å². The topological polar surface area (TPSA) is 117 Å². The number of piperidine rings is 2. The van der Waals surface area contributed by atoms with Crippen LogP contribution in [-0.4, -0.2) is 84.9 Å². The minimum absolute atomic E-state index is 0.00182. The number of rotatable bonds is 7. The number of nitrogens with zero attached hydrogens (tertiary/aromatic N) is 4. The highest BCUT2D eigenvalue weighted by atomic mass is 32.2. The molecule has 1 aromatic carbocycles. The Labute approximate surface area is 231 Å². The quantitative estimate of drug-likeness (QED) is 0.505. The lowest BCUT2D eigenvalue weighted by atomic mass is 9.93. The van der Waals surface area contributed by atoms with Gasteiger partial charge in [0.1, 0.15) is 11.7 Å². The standard InChI is InChI=1S/C26H34F3N5O5S/c1-25(35)9-13-33(14-10-25)19-2-4-21(5-3-19)40(36,37)34-11-6-18(7-12-34)31-24-30-16-22(26(27,28)29)23(32-24)39-20-8-15-38-17-20/h2-5,16,18,20,35H,6-15,17H2,1H3,(H,30,31,32)/t20-/m0/s1. The molecule has 1 aromatic heterocycles. The number of hydrogen-bond acceptors (Lipinski definition) is 9. The van der Waals surface area contributed by atoms with Crippen molar-refractivity contribution < 1.29 is 36.2 Å². The zero-order chi connectivity index (χ0) is 28.5. The van der Waals surface area contributed by atoms with E-state index in [1.165, 1.54) is 4.31 Å². The smallest absolute Gasteiger partial charge is 0.423 e. The first-order valence-corrected chi connectivity index (χ1v) is 14.9. The number of aliphatic hydroxyl groups is 1. The Hall–Kier alpha value is -2.68. The van der Waals surface area contributed by atoms with Crippen molar-refractivity contribution in [1.29, 1.82) is 0 Å². The van der Waals surface area contributed by atoms with Gasteiger partial charge in [0, 0.05) is 50.5 Å². The third-order valence-corrected chi connectivity index (χ3v) is 9.61. The lowest BCUT2D eigenvalue weighted by Crippen LogP contribution is -2.43. The molecule has 0 bridgehead atoms. The second-order valence-electron chi connectivity index (χ2n) is 10.8. The van der Waals surface area contributed by atoms with Gasteiger partial charge in [0.2, 0.25) is 21.9 Å². The van der Waals surface area contributed by atoms with Gasteiger partial charge in [0.05, 0.1) is 23.7 Å². The summed E-state index contributed by atoms with van der Waals surface area (Å²) < 4.78 is 79.0. The summed E-state index contributed by atoms with van der Waals surface area (Å²) in [5, 5.41) is 13.2. The van der Waals surface area contributed by atoms with Gasteiger partial charge in [-0.25, -0.2) is 13.4 Å². The van der Waals surface area contributed by atoms with Crippen LogP contribution in [0.4, 0.5) is 24.8 Å². The van der Waals surface area contributed by atoms with Crippen molar-refractivity contribution in [3.8, 4) is 5.88 Å². The van der Waals surface area contributed by atoms with Crippen LogP contribution in [0.2, 0.25) is 0 Å². The monoisotopic (exact) mass is 585 g/mol. The Kier molecular flexibility index (Phi) is 8.15. The number of aromatic nitrogens is 2. The maximum atomic E-state index is 13.5. The molecule has 0 saturated carbocycles. The van der Waals surface area contributed by atoms with Crippen LogP contribution >= 0.6 is 0 Å². The van der Waals surface area contributed by atoms with E-state index in [4.69, 9.17) is 9.47 Å². The molecule has 3 saturated heterocycles. The number of ether oxygens (including phenoxy) is 2. The number of alkyl halides is 3. The summed E-state index contributed by atoms with van der Waals surface area (Å²) in [6.07, 6.45) is -1.84. The van der Waals surface area contributed by atoms with E-state index in [1.54, 1.807) is 24.3 Å². The summed E-state index contributed by atoms with van der Waals surface area (Å²) >= 11 is 0. The maximum Gasteiger partial charge on any atom is 0.423 e. The molecule has 14 heteroatoms. The van der Waals surface area contributed by atoms with Gasteiger partial charge in [-0.05, 0) is 56.9 Å². The first-order valence-electron chi connectivity index (χ1n) is 13.4. The molecule has 10 nitrogen and oxygen atoms in total. The van der Waals surface area contributed by atoms with Crippen molar-refractivity contribution in [2.75, 3.05) is 49.6 Å². The van der Waals surface area contributed by atoms with E-state index in [9.17, 15) is 26.7 Å². The number of benzene rings is 1. The third-order valence-electron chi connectivity index (χ3n) is 7.69. The summed E-state index contributed by atoms with van der Waals surface area (Å²) in [7, 11) is -3.71. The predicted molar refractivity (Wildman–Crippen MR) is 141 cm³/mol. The normalized spacial score (nSPS) is 22.8. The molecule has 2 N–H and O–H groups in total. The van der Waals surface area contributed by atoms with Crippen LogP contribution in [0.1, 0.15) is 44.6 Å². The first kappa shape index (κ1) is 28.8. The molecule has 3 aliphatic rings. The van der Waals surface area contributed by atoms with Crippen LogP contribution in [0, 0.1) is 0 Å². The van der Waals surface area contributed by atoms with E-state index in [1.807, 2.05) is 6.92 Å². The molecular formula is C26H34F3N5O5S. The summed E-state index contributed by atoms with van der Waals surface area (Å²) in [5.74, 6) is -0.545. The van der Waals surface area contributed by atoms with E-state index in [0.29, 0.717) is 58.0 Å². The number of sulfonamides is 1. The molecule has 40 heavy (non-hydrogen) atoms. The Morgan fingerprint density at radius 3 is 2.38 bits per heavy atom. The molecule has 4 heterocycles. The van der Waals surface area contributed by atoms with E-state index in [-0.39, 0.29) is 36.6 Å². The van der Waals surface area contributed by atoms with E-state index < -0.39 is 39.3 Å². The van der Waals surface area contributed by atoms with Crippen LogP contribution in [0.5, 0.6) is 5.88 Å². The maximum absolute atomic E-state index is 13.5. The minimum Gasteiger partial charge on any atom is -0.471 e. The van der Waals surface area contributed by atoms with Crippen molar-refractivity contribution in [2.45, 2.75) is 67.8 Å². The Morgan fingerprint density at radius 1 is 1.10 bits per heavy atom. The van der Waals surface area contributed by atoms with Gasteiger partial charge in [-0.15, -0.1) is 0 Å². The molecular weight excluding hydrogens is 551 g/mol. The van der Waals surface area contributed by atoms with E-state index in [2.05, 4.69) is 20.2 Å². The number of nitrogens with one attached hydrogen (secondary N) is 1. The SMILES string of the molecule is CC1(O)CCN(c2ccc(S(=O)(=O)N3CCC(Nc4ncc(C(F)(F)F)c(O[C@H]5CCOC5)n4)CC3)cc2)CC1. The summed E-state index contributed by atoms with van der Waals surface area (Å²) in [6.45, 7) is 4.32. The van der Waals surface area contributed by atoms with Crippen LogP contribution in [0.15, 0.2) is 35.4 Å². The Bertz CT molecular complexity index is 1270. The average molecular weight is 586 g/mol. The number of halogens is 3. The van der Waals surface area contributed by atoms with Gasteiger partial charge < -0.3 is 24.8 Å². The molecule has 3 aliphatic heterocycles. The fourth-order valence-corrected chi connectivity index (χ4v) is 6.60. The largest absolute Gasteiger partial charge is 0.471 e. The summed E-state index contributed by atoms with van der Waals surface area (Å²) in [6, 6.07) is 6.58. The van der Waals surface area contributed by atoms with Crippen molar-refractivity contribution in [1.82, 2.24) is 14.3 Å². The molecule has 3 fully saturated rings. The summed E-state index contributed by atoms with van der Waals surface area (Å²) in [4.78, 5) is 10.2. The zero-order valence-corrected chi connectivity index (χ0v) is 23.0. The molecule has 1 atom stereocenters. The van der Waals surface area contributed by atoms with Crippen molar-refractivity contribution >= 4 is 21.7 Å². The van der Waals surface area contributed by atoms with Gasteiger partial charge in [-0.1, -0.05) is 0 Å². The van der Waals surface area contributed by atoms with E-state index in [0.717, 1.165) is 5.69 Å². The van der Waals surface area contributed by atoms with Gasteiger partial charge in [-0.3, -0.25) is 0 Å². The third kappa shape index (κ3) is 6.61. The molecule has 0 spiro atoms. The average Bonchev–Trinajstić information content (AvgIpc) is 3.42. The molecule has 0 amide bonds. The fourth-order valence-electron chi connectivity index (χ4n) is 5.13. The molecule has 5 rings (SSSR count). The number of anilines is 2. The summed E-state index contributed by atoms with van der Waals surface area (Å²) in [5.41, 5.74) is -0.804. The van der Waals surface area contributed by atoms with Crippen molar-refractivity contribution in [3.63, 3.8) is 0 Å². The molecule has 220 valence electrons. The highest BCUT2D eigenvalue weighted by Crippen LogP contribution is 2.36. The highest BCUT2D eigenvalue weighted by Gasteiger charge is 2.38. The van der Waals surface area contributed by atoms with Crippen LogP contribution in [-0.2, 0) is 20.9 Å². The second kappa shape index (κ2) is 11.3. The lowest BCUT2D eigenvalue weighted by molar-refractivity contribution is -0.139. The van der Waals surface area contributed by atoms with Crippen molar-refractivity contribution in [2.24, 2.45) is 0 Å². The Morgan fingerprint density at radius 2 is 1.77 bits per heavy atom. The predicted octanol–water partition coefficient (Wildman–Crippen LogP) is 3.28. The number of hydrogen-bond donors (Lipinski definition) is 2. The van der Waals surface area contributed by atoms with Crippen LogP contribution in [0.25, 0.3) is 0 Å². The Balaban J connectivity index is 1.19. The van der Waals surface area contributed by atoms with Gasteiger partial charge in [0.15, 0.2) is 0 Å². The first-order chi connectivity index (χ1) is 18.9. The lowest BCUT2D eigenvalue weighted by Gasteiger charge is -2.37. The van der Waals surface area contributed by atoms with Crippen molar-refractivity contribution in [3.05, 3.63) is 36.0 Å². The van der Waals surface area contributed by atoms with Crippen LogP contribution in [0.3, 0.4) is 0 Å². The van der Waals surface area contributed by atoms with Gasteiger partial charge >= 0.3 is 6.18 Å². The van der Waals surface area contributed by atoms with Gasteiger partial charge in [-0.2, -0.15) is 22.5 Å². The molecule has 0 radical (unpaired) electrons. The molecule has 0 unspecified atom stereocenters. The minimum atomic E-state index is -4.67. The highest BCUT2D eigenvalue weighted by molar-refractivity contribution is 7.89. The second-order valence-corrected chi connectivity index (χ2v) is 12.8. The molecule has 2 aromatic rings.